The summed E-state index contributed by atoms with van der Waals surface area (Å²) >= 11 is 15.0. The van der Waals surface area contributed by atoms with E-state index >= 15 is 0 Å². The number of thioether (sulfide) groups is 1. The quantitative estimate of drug-likeness (QED) is 0.152. The largest absolute Gasteiger partial charge is 0.465 e. The Kier molecular flexibility index (Phi) is 9.35. The van der Waals surface area contributed by atoms with Gasteiger partial charge in [-0.3, -0.25) is 9.59 Å². The molecule has 1 aliphatic carbocycles. The van der Waals surface area contributed by atoms with E-state index in [9.17, 15) is 14.4 Å². The lowest BCUT2D eigenvalue weighted by atomic mass is 9.95. The SMILES string of the molecule is COC(=O)c1c(NC(=O)C(Sc2cccc(NC(=O)c3ccc(Cl)cc3Cl)c2)c2ccccc2)sc2c1CCCC2. The zero-order valence-electron chi connectivity index (χ0n) is 22.0. The lowest BCUT2D eigenvalue weighted by molar-refractivity contribution is -0.115. The summed E-state index contributed by atoms with van der Waals surface area (Å²) in [5, 5.41) is 6.50. The van der Waals surface area contributed by atoms with Crippen LogP contribution in [0.15, 0.2) is 77.7 Å². The molecular formula is C31H26Cl2N2O4S2. The number of benzene rings is 3. The molecule has 1 atom stereocenters. The molecule has 1 heterocycles. The average Bonchev–Trinajstić information content (AvgIpc) is 3.33. The molecule has 0 bridgehead atoms. The van der Waals surface area contributed by atoms with Gasteiger partial charge in [0.15, 0.2) is 0 Å². The highest BCUT2D eigenvalue weighted by atomic mass is 35.5. The summed E-state index contributed by atoms with van der Waals surface area (Å²) in [5.41, 5.74) is 3.10. The van der Waals surface area contributed by atoms with Crippen molar-refractivity contribution in [2.45, 2.75) is 35.8 Å². The molecule has 0 radical (unpaired) electrons. The first kappa shape index (κ1) is 29.2. The van der Waals surface area contributed by atoms with Crippen LogP contribution >= 0.6 is 46.3 Å². The minimum Gasteiger partial charge on any atom is -0.465 e. The van der Waals surface area contributed by atoms with Gasteiger partial charge in [0.05, 0.1) is 23.3 Å². The second-order valence-electron chi connectivity index (χ2n) is 9.41. The van der Waals surface area contributed by atoms with Crippen molar-refractivity contribution in [2.75, 3.05) is 17.7 Å². The summed E-state index contributed by atoms with van der Waals surface area (Å²) in [7, 11) is 1.36. The number of esters is 1. The highest BCUT2D eigenvalue weighted by Gasteiger charge is 2.29. The van der Waals surface area contributed by atoms with Crippen molar-refractivity contribution >= 4 is 74.8 Å². The molecule has 0 saturated carbocycles. The van der Waals surface area contributed by atoms with Crippen LogP contribution in [0.5, 0.6) is 0 Å². The number of carbonyl (C=O) groups is 3. The fourth-order valence-corrected chi connectivity index (χ4v) is 7.56. The molecule has 5 rings (SSSR count). The molecule has 0 fully saturated rings. The van der Waals surface area contributed by atoms with Crippen LogP contribution in [-0.4, -0.2) is 24.9 Å². The average molecular weight is 626 g/mol. The van der Waals surface area contributed by atoms with E-state index < -0.39 is 11.2 Å². The van der Waals surface area contributed by atoms with Gasteiger partial charge in [0, 0.05) is 20.5 Å². The molecule has 0 spiro atoms. The topological polar surface area (TPSA) is 84.5 Å². The molecule has 3 aromatic carbocycles. The molecule has 10 heteroatoms. The van der Waals surface area contributed by atoms with Gasteiger partial charge in [-0.1, -0.05) is 59.6 Å². The Hall–Kier alpha value is -3.30. The standard InChI is InChI=1S/C31H26Cl2N2O4S2/c1-39-31(38)26-23-12-5-6-13-25(23)41-30(26)35-29(37)27(18-8-3-2-4-9-18)40-21-11-7-10-20(17-21)34-28(36)22-15-14-19(32)16-24(22)33/h2-4,7-11,14-17,27H,5-6,12-13H2,1H3,(H,34,36)(H,35,37). The van der Waals surface area contributed by atoms with Gasteiger partial charge < -0.3 is 15.4 Å². The molecule has 2 N–H and O–H groups in total. The number of methoxy groups -OCH3 is 1. The number of fused-ring (bicyclic) bond motifs is 1. The minimum atomic E-state index is -0.627. The van der Waals surface area contributed by atoms with E-state index in [0.717, 1.165) is 46.6 Å². The van der Waals surface area contributed by atoms with E-state index in [4.69, 9.17) is 27.9 Å². The second-order valence-corrected chi connectivity index (χ2v) is 12.5. The predicted octanol–water partition coefficient (Wildman–Crippen LogP) is 8.44. The van der Waals surface area contributed by atoms with Crippen LogP contribution in [0.3, 0.4) is 0 Å². The molecule has 1 aliphatic rings. The normalized spacial score (nSPS) is 13.1. The zero-order valence-corrected chi connectivity index (χ0v) is 25.2. The molecular weight excluding hydrogens is 599 g/mol. The Bertz CT molecular complexity index is 1610. The van der Waals surface area contributed by atoms with Gasteiger partial charge >= 0.3 is 5.97 Å². The van der Waals surface area contributed by atoms with Crippen LogP contribution < -0.4 is 10.6 Å². The third-order valence-corrected chi connectivity index (χ3v) is 9.66. The van der Waals surface area contributed by atoms with Crippen molar-refractivity contribution in [3.05, 3.63) is 110 Å². The van der Waals surface area contributed by atoms with Crippen LogP contribution in [-0.2, 0) is 22.4 Å². The van der Waals surface area contributed by atoms with Gasteiger partial charge in [0.25, 0.3) is 5.91 Å². The van der Waals surface area contributed by atoms with E-state index in [1.807, 2.05) is 42.5 Å². The number of ether oxygens (including phenoxy) is 1. The molecule has 1 unspecified atom stereocenters. The lowest BCUT2D eigenvalue weighted by Gasteiger charge is -2.18. The van der Waals surface area contributed by atoms with Gasteiger partial charge in [-0.15, -0.1) is 23.1 Å². The summed E-state index contributed by atoms with van der Waals surface area (Å²) < 4.78 is 5.08. The number of hydrogen-bond donors (Lipinski definition) is 2. The number of hydrogen-bond acceptors (Lipinski definition) is 6. The van der Waals surface area contributed by atoms with Gasteiger partial charge in [-0.25, -0.2) is 4.79 Å². The summed E-state index contributed by atoms with van der Waals surface area (Å²) in [5.74, 6) is -1.07. The van der Waals surface area contributed by atoms with Crippen molar-refractivity contribution in [1.82, 2.24) is 0 Å². The Morgan fingerprint density at radius 1 is 0.927 bits per heavy atom. The third kappa shape index (κ3) is 6.79. The molecule has 1 aromatic heterocycles. The van der Waals surface area contributed by atoms with Crippen molar-refractivity contribution < 1.29 is 19.1 Å². The fourth-order valence-electron chi connectivity index (χ4n) is 4.71. The predicted molar refractivity (Wildman–Crippen MR) is 167 cm³/mol. The molecule has 0 saturated heterocycles. The summed E-state index contributed by atoms with van der Waals surface area (Å²) in [6.07, 6.45) is 3.74. The smallest absolute Gasteiger partial charge is 0.341 e. The van der Waals surface area contributed by atoms with E-state index in [1.165, 1.54) is 36.3 Å². The first-order chi connectivity index (χ1) is 19.8. The van der Waals surface area contributed by atoms with Crippen LogP contribution in [0, 0.1) is 0 Å². The number of aryl methyl sites for hydroxylation is 1. The molecule has 6 nitrogen and oxygen atoms in total. The van der Waals surface area contributed by atoms with Crippen LogP contribution in [0.4, 0.5) is 10.7 Å². The number of nitrogens with one attached hydrogen (secondary N) is 2. The Balaban J connectivity index is 1.40. The van der Waals surface area contributed by atoms with Gasteiger partial charge in [0.1, 0.15) is 10.3 Å². The summed E-state index contributed by atoms with van der Waals surface area (Å²) in [4.78, 5) is 41.3. The van der Waals surface area contributed by atoms with E-state index in [2.05, 4.69) is 10.6 Å². The maximum absolute atomic E-state index is 13.8. The van der Waals surface area contributed by atoms with Crippen molar-refractivity contribution in [3.63, 3.8) is 0 Å². The monoisotopic (exact) mass is 624 g/mol. The van der Waals surface area contributed by atoms with Crippen molar-refractivity contribution in [1.29, 1.82) is 0 Å². The number of halogens is 2. The van der Waals surface area contributed by atoms with Gasteiger partial charge in [-0.2, -0.15) is 0 Å². The molecule has 2 amide bonds. The lowest BCUT2D eigenvalue weighted by Crippen LogP contribution is -2.20. The maximum Gasteiger partial charge on any atom is 0.341 e. The first-order valence-corrected chi connectivity index (χ1v) is 15.4. The van der Waals surface area contributed by atoms with E-state index in [0.29, 0.717) is 26.8 Å². The fraction of sp³-hybridized carbons (Fsp3) is 0.194. The minimum absolute atomic E-state index is 0.253. The molecule has 210 valence electrons. The van der Waals surface area contributed by atoms with Crippen molar-refractivity contribution in [3.8, 4) is 0 Å². The zero-order chi connectivity index (χ0) is 28.9. The Morgan fingerprint density at radius 3 is 2.46 bits per heavy atom. The number of rotatable bonds is 8. The van der Waals surface area contributed by atoms with Gasteiger partial charge in [-0.05, 0) is 73.2 Å². The molecule has 0 aliphatic heterocycles. The molecule has 41 heavy (non-hydrogen) atoms. The van der Waals surface area contributed by atoms with Crippen LogP contribution in [0.2, 0.25) is 10.0 Å². The third-order valence-electron chi connectivity index (χ3n) is 6.66. The van der Waals surface area contributed by atoms with Crippen molar-refractivity contribution in [2.24, 2.45) is 0 Å². The second kappa shape index (κ2) is 13.1. The number of anilines is 2. The number of carbonyl (C=O) groups excluding carboxylic acids is 3. The summed E-state index contributed by atoms with van der Waals surface area (Å²) in [6.45, 7) is 0. The van der Waals surface area contributed by atoms with Crippen LogP contribution in [0.1, 0.15) is 54.8 Å². The molecule has 4 aromatic rings. The number of amides is 2. The van der Waals surface area contributed by atoms with E-state index in [-0.39, 0.29) is 16.8 Å². The highest BCUT2D eigenvalue weighted by Crippen LogP contribution is 2.41. The Labute approximate surface area is 256 Å². The van der Waals surface area contributed by atoms with E-state index in [1.54, 1.807) is 24.3 Å². The Morgan fingerprint density at radius 2 is 1.71 bits per heavy atom. The number of thiophene rings is 1. The first-order valence-electron chi connectivity index (χ1n) is 13.0. The highest BCUT2D eigenvalue weighted by molar-refractivity contribution is 8.00. The van der Waals surface area contributed by atoms with Gasteiger partial charge in [0.2, 0.25) is 5.91 Å². The summed E-state index contributed by atoms with van der Waals surface area (Å²) in [6, 6.07) is 21.4. The van der Waals surface area contributed by atoms with Crippen LogP contribution in [0.25, 0.3) is 0 Å². The maximum atomic E-state index is 13.8.